The van der Waals surface area contributed by atoms with Crippen LogP contribution in [-0.2, 0) is 14.3 Å². The molecular weight excluding hydrogens is 353 g/mol. The Morgan fingerprint density at radius 1 is 1.12 bits per heavy atom. The van der Waals surface area contributed by atoms with E-state index in [-0.39, 0.29) is 19.1 Å². The second-order valence-electron chi connectivity index (χ2n) is 5.83. The molecule has 2 rings (SSSR count). The summed E-state index contributed by atoms with van der Waals surface area (Å²) in [5.41, 5.74) is 0. The van der Waals surface area contributed by atoms with Gasteiger partial charge in [0.25, 0.3) is 5.91 Å². The zero-order chi connectivity index (χ0) is 17.4. The predicted molar refractivity (Wildman–Crippen MR) is 92.5 cm³/mol. The summed E-state index contributed by atoms with van der Waals surface area (Å²) < 4.78 is 10.1. The van der Waals surface area contributed by atoms with E-state index >= 15 is 0 Å². The van der Waals surface area contributed by atoms with Gasteiger partial charge < -0.3 is 14.8 Å². The lowest BCUT2D eigenvalue weighted by atomic mass is 9.89. The van der Waals surface area contributed by atoms with Gasteiger partial charge >= 0.3 is 5.97 Å². The van der Waals surface area contributed by atoms with Crippen molar-refractivity contribution in [1.29, 1.82) is 0 Å². The molecule has 7 heteroatoms. The summed E-state index contributed by atoms with van der Waals surface area (Å²) in [5, 5.41) is 3.59. The zero-order valence-electron chi connectivity index (χ0n) is 13.4. The van der Waals surface area contributed by atoms with Crippen LogP contribution in [0, 0.1) is 5.92 Å². The molecule has 0 aromatic heterocycles. The van der Waals surface area contributed by atoms with E-state index in [9.17, 15) is 9.59 Å². The van der Waals surface area contributed by atoms with Crippen LogP contribution in [0.4, 0.5) is 0 Å². The van der Waals surface area contributed by atoms with Gasteiger partial charge in [0.05, 0.1) is 5.02 Å². The Labute approximate surface area is 151 Å². The van der Waals surface area contributed by atoms with Gasteiger partial charge in [-0.2, -0.15) is 0 Å². The highest BCUT2D eigenvalue weighted by molar-refractivity contribution is 6.35. The number of ether oxygens (including phenoxy) is 2. The monoisotopic (exact) mass is 373 g/mol. The Balaban J connectivity index is 1.62. The van der Waals surface area contributed by atoms with Crippen molar-refractivity contribution in [3.8, 4) is 5.75 Å². The quantitative estimate of drug-likeness (QED) is 0.741. The maximum atomic E-state index is 11.7. The van der Waals surface area contributed by atoms with Crippen LogP contribution in [0.15, 0.2) is 18.2 Å². The smallest absolute Gasteiger partial charge is 0.344 e. The number of esters is 1. The van der Waals surface area contributed by atoms with Gasteiger partial charge in [-0.05, 0) is 37.0 Å². The summed E-state index contributed by atoms with van der Waals surface area (Å²) in [4.78, 5) is 23.3. The average molecular weight is 374 g/mol. The van der Waals surface area contributed by atoms with Crippen molar-refractivity contribution < 1.29 is 19.1 Å². The fourth-order valence-electron chi connectivity index (χ4n) is 2.62. The first-order valence-corrected chi connectivity index (χ1v) is 8.80. The maximum Gasteiger partial charge on any atom is 0.344 e. The van der Waals surface area contributed by atoms with Crippen LogP contribution in [0.1, 0.15) is 32.1 Å². The molecule has 1 aromatic carbocycles. The minimum absolute atomic E-state index is 0.293. The highest BCUT2D eigenvalue weighted by atomic mass is 35.5. The summed E-state index contributed by atoms with van der Waals surface area (Å²) in [6, 6.07) is 4.68. The van der Waals surface area contributed by atoms with E-state index in [1.54, 1.807) is 12.1 Å². The normalized spacial score (nSPS) is 14.9. The van der Waals surface area contributed by atoms with Crippen molar-refractivity contribution in [1.82, 2.24) is 5.32 Å². The summed E-state index contributed by atoms with van der Waals surface area (Å²) >= 11 is 11.7. The minimum atomic E-state index is -0.631. The average Bonchev–Trinajstić information content (AvgIpc) is 2.58. The van der Waals surface area contributed by atoms with Crippen LogP contribution < -0.4 is 10.1 Å². The van der Waals surface area contributed by atoms with Gasteiger partial charge in [0.1, 0.15) is 5.75 Å². The Bertz CT molecular complexity index is 574. The fraction of sp³-hybridized carbons (Fsp3) is 0.529. The zero-order valence-corrected chi connectivity index (χ0v) is 14.9. The van der Waals surface area contributed by atoms with Crippen LogP contribution in [0.3, 0.4) is 0 Å². The number of rotatable bonds is 7. The van der Waals surface area contributed by atoms with Crippen molar-refractivity contribution in [3.05, 3.63) is 28.2 Å². The number of carbonyl (C=O) groups is 2. The number of carbonyl (C=O) groups excluding carboxylic acids is 2. The first kappa shape index (κ1) is 18.9. The van der Waals surface area contributed by atoms with Crippen molar-refractivity contribution in [2.24, 2.45) is 5.92 Å². The van der Waals surface area contributed by atoms with Crippen molar-refractivity contribution in [3.63, 3.8) is 0 Å². The summed E-state index contributed by atoms with van der Waals surface area (Å²) in [5.74, 6) is -0.0548. The van der Waals surface area contributed by atoms with Gasteiger partial charge in [-0.3, -0.25) is 4.79 Å². The Hall–Kier alpha value is -1.46. The third-order valence-electron chi connectivity index (χ3n) is 3.92. The second-order valence-corrected chi connectivity index (χ2v) is 6.68. The Morgan fingerprint density at radius 2 is 1.88 bits per heavy atom. The first-order valence-electron chi connectivity index (χ1n) is 8.05. The highest BCUT2D eigenvalue weighted by Crippen LogP contribution is 2.27. The molecular formula is C17H21Cl2NO4. The molecule has 0 saturated heterocycles. The van der Waals surface area contributed by atoms with Gasteiger partial charge in [0, 0.05) is 11.6 Å². The lowest BCUT2D eigenvalue weighted by molar-refractivity contribution is -0.150. The number of benzene rings is 1. The van der Waals surface area contributed by atoms with Crippen LogP contribution >= 0.6 is 23.2 Å². The predicted octanol–water partition coefficient (Wildman–Crippen LogP) is 3.61. The standard InChI is InChI=1S/C17H21Cl2NO4/c18-13-6-7-15(14(19)8-13)23-11-17(22)24-10-16(21)20-9-12-4-2-1-3-5-12/h6-8,12H,1-5,9-11H2,(H,20,21). The third-order valence-corrected chi connectivity index (χ3v) is 4.45. The molecule has 24 heavy (non-hydrogen) atoms. The Kier molecular flexibility index (Phi) is 7.66. The molecule has 1 saturated carbocycles. The molecule has 1 N–H and O–H groups in total. The number of halogens is 2. The maximum absolute atomic E-state index is 11.7. The molecule has 0 radical (unpaired) electrons. The van der Waals surface area contributed by atoms with Crippen LogP contribution in [-0.4, -0.2) is 31.6 Å². The molecule has 1 fully saturated rings. The number of nitrogens with one attached hydrogen (secondary N) is 1. The van der Waals surface area contributed by atoms with Crippen molar-refractivity contribution in [2.45, 2.75) is 32.1 Å². The highest BCUT2D eigenvalue weighted by Gasteiger charge is 2.15. The van der Waals surface area contributed by atoms with Gasteiger partial charge in [0.2, 0.25) is 0 Å². The molecule has 0 spiro atoms. The minimum Gasteiger partial charge on any atom is -0.480 e. The Morgan fingerprint density at radius 3 is 2.58 bits per heavy atom. The van der Waals surface area contributed by atoms with Gasteiger partial charge in [-0.15, -0.1) is 0 Å². The molecule has 1 amide bonds. The largest absolute Gasteiger partial charge is 0.480 e. The van der Waals surface area contributed by atoms with Gasteiger partial charge in [-0.1, -0.05) is 42.5 Å². The number of hydrogen-bond acceptors (Lipinski definition) is 4. The van der Waals surface area contributed by atoms with E-state index < -0.39 is 5.97 Å². The number of amides is 1. The molecule has 132 valence electrons. The van der Waals surface area contributed by atoms with Gasteiger partial charge in [0.15, 0.2) is 13.2 Å². The van der Waals surface area contributed by atoms with Crippen molar-refractivity contribution >= 4 is 35.1 Å². The molecule has 5 nitrogen and oxygen atoms in total. The fourth-order valence-corrected chi connectivity index (χ4v) is 3.08. The summed E-state index contributed by atoms with van der Waals surface area (Å²) in [6.07, 6.45) is 6.02. The second kappa shape index (κ2) is 9.74. The molecule has 0 bridgehead atoms. The van der Waals surface area contributed by atoms with Gasteiger partial charge in [-0.25, -0.2) is 4.79 Å². The van der Waals surface area contributed by atoms with E-state index in [1.165, 1.54) is 25.3 Å². The van der Waals surface area contributed by atoms with Crippen LogP contribution in [0.2, 0.25) is 10.0 Å². The van der Waals surface area contributed by atoms with E-state index in [1.807, 2.05) is 0 Å². The molecule has 0 atom stereocenters. The van der Waals surface area contributed by atoms with E-state index in [4.69, 9.17) is 32.7 Å². The van der Waals surface area contributed by atoms with Crippen LogP contribution in [0.25, 0.3) is 0 Å². The molecule has 1 aliphatic carbocycles. The SMILES string of the molecule is O=C(COC(=O)COc1ccc(Cl)cc1Cl)NCC1CCCCC1. The molecule has 0 aliphatic heterocycles. The van der Waals surface area contributed by atoms with E-state index in [0.29, 0.717) is 28.3 Å². The molecule has 1 aromatic rings. The molecule has 0 unspecified atom stereocenters. The lowest BCUT2D eigenvalue weighted by Gasteiger charge is -2.21. The third kappa shape index (κ3) is 6.57. The summed E-state index contributed by atoms with van der Waals surface area (Å²) in [6.45, 7) is 0.0216. The van der Waals surface area contributed by atoms with Crippen LogP contribution in [0.5, 0.6) is 5.75 Å². The topological polar surface area (TPSA) is 64.6 Å². The van der Waals surface area contributed by atoms with E-state index in [2.05, 4.69) is 5.32 Å². The number of hydrogen-bond donors (Lipinski definition) is 1. The lowest BCUT2D eigenvalue weighted by Crippen LogP contribution is -2.34. The first-order chi connectivity index (χ1) is 11.5. The molecule has 1 aliphatic rings. The van der Waals surface area contributed by atoms with Crippen molar-refractivity contribution in [2.75, 3.05) is 19.8 Å². The van der Waals surface area contributed by atoms with E-state index in [0.717, 1.165) is 12.8 Å². The summed E-state index contributed by atoms with van der Waals surface area (Å²) in [7, 11) is 0. The molecule has 0 heterocycles.